The number of ketones is 1. The Bertz CT molecular complexity index is 1220. The molecule has 2 N–H and O–H groups in total. The summed E-state index contributed by atoms with van der Waals surface area (Å²) in [5.41, 5.74) is 8.64. The lowest BCUT2D eigenvalue weighted by atomic mass is 9.99. The molecule has 1 aliphatic heterocycles. The van der Waals surface area contributed by atoms with Crippen LogP contribution in [0.3, 0.4) is 0 Å². The summed E-state index contributed by atoms with van der Waals surface area (Å²) in [6.45, 7) is 1.81. The average molecular weight is 416 g/mol. The van der Waals surface area contributed by atoms with Crippen LogP contribution >= 0.6 is 11.8 Å². The van der Waals surface area contributed by atoms with E-state index in [-0.39, 0.29) is 17.9 Å². The van der Waals surface area contributed by atoms with E-state index in [0.717, 1.165) is 10.5 Å². The van der Waals surface area contributed by atoms with Crippen molar-refractivity contribution in [1.29, 1.82) is 5.26 Å². The Kier molecular flexibility index (Phi) is 5.10. The maximum absolute atomic E-state index is 14.8. The lowest BCUT2D eigenvalue weighted by Gasteiger charge is -2.31. The van der Waals surface area contributed by atoms with Gasteiger partial charge in [0.25, 0.3) is 0 Å². The molecule has 0 saturated carbocycles. The zero-order valence-electron chi connectivity index (χ0n) is 16.1. The monoisotopic (exact) mass is 416 g/mol. The van der Waals surface area contributed by atoms with Crippen LogP contribution in [0.2, 0.25) is 0 Å². The molecule has 0 fully saturated rings. The Morgan fingerprint density at radius 1 is 1.23 bits per heavy atom. The first-order valence-corrected chi connectivity index (χ1v) is 10.0. The quantitative estimate of drug-likeness (QED) is 0.644. The van der Waals surface area contributed by atoms with Crippen molar-refractivity contribution in [3.63, 3.8) is 0 Å². The molecule has 0 radical (unpaired) electrons. The highest BCUT2D eigenvalue weighted by Crippen LogP contribution is 2.47. The molecule has 0 aliphatic carbocycles. The summed E-state index contributed by atoms with van der Waals surface area (Å²) >= 11 is 1.42. The first-order chi connectivity index (χ1) is 14.4. The number of benzene rings is 2. The number of aliphatic imine (C=N–C) groups is 1. The summed E-state index contributed by atoms with van der Waals surface area (Å²) in [6, 6.07) is 17.2. The molecule has 0 bridgehead atoms. The molecule has 1 unspecified atom stereocenters. The van der Waals surface area contributed by atoms with Crippen molar-refractivity contribution in [3.05, 3.63) is 94.6 Å². The van der Waals surface area contributed by atoms with Crippen molar-refractivity contribution in [3.8, 4) is 6.07 Å². The van der Waals surface area contributed by atoms with Gasteiger partial charge < -0.3 is 5.73 Å². The third-order valence-corrected chi connectivity index (χ3v) is 6.16. The Morgan fingerprint density at radius 3 is 2.77 bits per heavy atom. The van der Waals surface area contributed by atoms with Crippen LogP contribution in [0.15, 0.2) is 70.7 Å². The third kappa shape index (κ3) is 3.70. The molecule has 1 aromatic heterocycles. The predicted molar refractivity (Wildman–Crippen MR) is 114 cm³/mol. The van der Waals surface area contributed by atoms with Gasteiger partial charge >= 0.3 is 0 Å². The molecule has 30 heavy (non-hydrogen) atoms. The van der Waals surface area contributed by atoms with Crippen molar-refractivity contribution in [1.82, 2.24) is 4.98 Å². The number of rotatable bonds is 4. The van der Waals surface area contributed by atoms with Crippen LogP contribution in [0, 0.1) is 17.1 Å². The molecule has 148 valence electrons. The van der Waals surface area contributed by atoms with Crippen LogP contribution < -0.4 is 5.73 Å². The number of nitrogens with zero attached hydrogens (tertiary/aromatic N) is 3. The van der Waals surface area contributed by atoms with Crippen molar-refractivity contribution >= 4 is 23.4 Å². The molecule has 0 spiro atoms. The molecule has 2 heterocycles. The molecule has 0 amide bonds. The average Bonchev–Trinajstić information content (AvgIpc) is 2.75. The van der Waals surface area contributed by atoms with E-state index in [2.05, 4.69) is 9.98 Å². The van der Waals surface area contributed by atoms with Gasteiger partial charge in [-0.1, -0.05) is 36.0 Å². The maximum atomic E-state index is 14.8. The van der Waals surface area contributed by atoms with Crippen LogP contribution in [-0.2, 0) is 11.3 Å². The number of hydrogen-bond acceptors (Lipinski definition) is 6. The lowest BCUT2D eigenvalue weighted by Crippen LogP contribution is -2.28. The molecule has 2 aromatic carbocycles. The van der Waals surface area contributed by atoms with Crippen LogP contribution in [0.1, 0.15) is 39.7 Å². The van der Waals surface area contributed by atoms with E-state index in [0.29, 0.717) is 22.5 Å². The van der Waals surface area contributed by atoms with Gasteiger partial charge in [0.15, 0.2) is 5.78 Å². The Labute approximate surface area is 177 Å². The molecule has 1 aliphatic rings. The van der Waals surface area contributed by atoms with E-state index in [9.17, 15) is 9.18 Å². The van der Waals surface area contributed by atoms with Crippen molar-refractivity contribution < 1.29 is 9.18 Å². The molecule has 1 atom stereocenters. The van der Waals surface area contributed by atoms with E-state index in [4.69, 9.17) is 11.0 Å². The fourth-order valence-electron chi connectivity index (χ4n) is 3.35. The van der Waals surface area contributed by atoms with Crippen LogP contribution in [0.25, 0.3) is 0 Å². The molecule has 7 heteroatoms. The normalized spacial score (nSPS) is 17.6. The largest absolute Gasteiger partial charge is 0.383 e. The number of fused-ring (bicyclic) bond motifs is 1. The third-order valence-electron chi connectivity index (χ3n) is 4.88. The first-order valence-electron chi connectivity index (χ1n) is 9.21. The van der Waals surface area contributed by atoms with E-state index in [1.807, 2.05) is 37.3 Å². The molecular formula is C23H17FN4OS. The second kappa shape index (κ2) is 7.73. The number of halogens is 1. The Hall–Kier alpha value is -3.50. The minimum atomic E-state index is -0.950. The number of hydrogen-bond donors (Lipinski definition) is 1. The summed E-state index contributed by atoms with van der Waals surface area (Å²) in [7, 11) is 0. The number of aromatic nitrogens is 1. The Balaban J connectivity index is 1.65. The van der Waals surface area contributed by atoms with Crippen molar-refractivity contribution in [2.45, 2.75) is 23.1 Å². The standard InChI is InChI=1S/C23H17FN4OS/c1-23(28-22(26)16-4-2-3-5-21(16)30-23)17-10-14(6-8-18(17)24)11-20(29)19-9-7-15(12-25)13-27-19/h2-10,13H,11H2,1H3,(H2,26,28). The van der Waals surface area contributed by atoms with Gasteiger partial charge in [-0.05, 0) is 42.8 Å². The van der Waals surface area contributed by atoms with Crippen LogP contribution in [0.5, 0.6) is 0 Å². The number of carbonyl (C=O) groups is 1. The fraction of sp³-hybridized carbons (Fsp3) is 0.130. The molecule has 0 saturated heterocycles. The second-order valence-corrected chi connectivity index (χ2v) is 8.48. The van der Waals surface area contributed by atoms with Gasteiger partial charge in [-0.15, -0.1) is 0 Å². The molecule has 3 aromatic rings. The van der Waals surface area contributed by atoms with E-state index < -0.39 is 10.7 Å². The van der Waals surface area contributed by atoms with Gasteiger partial charge in [0.05, 0.1) is 5.56 Å². The zero-order valence-corrected chi connectivity index (χ0v) is 16.9. The summed E-state index contributed by atoms with van der Waals surface area (Å²) in [4.78, 5) is 21.2. The van der Waals surface area contributed by atoms with Crippen LogP contribution in [0.4, 0.5) is 4.39 Å². The number of Topliss-reactive ketones (excluding diaryl/α,β-unsaturated/α-hetero) is 1. The van der Waals surface area contributed by atoms with Crippen molar-refractivity contribution in [2.24, 2.45) is 10.7 Å². The lowest BCUT2D eigenvalue weighted by molar-refractivity contribution is 0.0988. The second-order valence-electron chi connectivity index (χ2n) is 7.04. The van der Waals surface area contributed by atoms with E-state index in [1.165, 1.54) is 30.1 Å². The Morgan fingerprint density at radius 2 is 2.03 bits per heavy atom. The number of nitriles is 1. The summed E-state index contributed by atoms with van der Waals surface area (Å²) in [6.07, 6.45) is 1.42. The highest BCUT2D eigenvalue weighted by atomic mass is 32.2. The van der Waals surface area contributed by atoms with Gasteiger partial charge in [-0.2, -0.15) is 5.26 Å². The van der Waals surface area contributed by atoms with Gasteiger partial charge in [0.2, 0.25) is 0 Å². The highest BCUT2D eigenvalue weighted by molar-refractivity contribution is 8.00. The number of amidine groups is 1. The van der Waals surface area contributed by atoms with Gasteiger partial charge in [-0.25, -0.2) is 9.38 Å². The topological polar surface area (TPSA) is 92.1 Å². The summed E-state index contributed by atoms with van der Waals surface area (Å²) in [5, 5.41) is 8.85. The number of carbonyl (C=O) groups excluding carboxylic acids is 1. The first kappa shape index (κ1) is 19.8. The number of pyridine rings is 1. The minimum Gasteiger partial charge on any atom is -0.383 e. The minimum absolute atomic E-state index is 0.0582. The van der Waals surface area contributed by atoms with E-state index in [1.54, 1.807) is 18.2 Å². The van der Waals surface area contributed by atoms with Crippen LogP contribution in [-0.4, -0.2) is 16.6 Å². The predicted octanol–water partition coefficient (Wildman–Crippen LogP) is 4.20. The zero-order chi connectivity index (χ0) is 21.3. The number of nitrogens with two attached hydrogens (primary N) is 1. The maximum Gasteiger partial charge on any atom is 0.185 e. The highest BCUT2D eigenvalue weighted by Gasteiger charge is 2.35. The van der Waals surface area contributed by atoms with Crippen molar-refractivity contribution in [2.75, 3.05) is 0 Å². The summed E-state index contributed by atoms with van der Waals surface area (Å²) in [5.74, 6) is -0.269. The molecule has 4 rings (SSSR count). The van der Waals surface area contributed by atoms with Gasteiger partial charge in [-0.3, -0.25) is 9.78 Å². The fourth-order valence-corrected chi connectivity index (χ4v) is 4.62. The van der Waals surface area contributed by atoms with Gasteiger partial charge in [0.1, 0.15) is 28.3 Å². The molecular weight excluding hydrogens is 399 g/mol. The van der Waals surface area contributed by atoms with E-state index >= 15 is 0 Å². The summed E-state index contributed by atoms with van der Waals surface area (Å²) < 4.78 is 14.8. The smallest absolute Gasteiger partial charge is 0.185 e. The van der Waals surface area contributed by atoms with Gasteiger partial charge in [0, 0.05) is 28.6 Å². The SMILES string of the molecule is CC1(c2cc(CC(=O)c3ccc(C#N)cn3)ccc2F)N=C(N)c2ccccc2S1. The molecule has 5 nitrogen and oxygen atoms in total. The number of thioether (sulfide) groups is 1.